The standard InChI is InChI=1S/C16H23NO3/c1-12-5-3-4-6-15(12)17-16(18)11-20-14-9-7-13(19-2)8-10-14/h7-10,12,15H,3-6,11H2,1-2H3,(H,17,18). The molecule has 1 N–H and O–H groups in total. The lowest BCUT2D eigenvalue weighted by Gasteiger charge is -2.29. The van der Waals surface area contributed by atoms with Crippen molar-refractivity contribution in [3.8, 4) is 11.5 Å². The minimum atomic E-state index is -0.0421. The molecule has 1 amide bonds. The highest BCUT2D eigenvalue weighted by molar-refractivity contribution is 5.77. The zero-order valence-electron chi connectivity index (χ0n) is 12.2. The summed E-state index contributed by atoms with van der Waals surface area (Å²) in [4.78, 5) is 11.9. The molecule has 1 fully saturated rings. The van der Waals surface area contributed by atoms with Crippen LogP contribution < -0.4 is 14.8 Å². The number of benzene rings is 1. The zero-order valence-corrected chi connectivity index (χ0v) is 12.2. The Hall–Kier alpha value is -1.71. The highest BCUT2D eigenvalue weighted by Gasteiger charge is 2.22. The second-order valence-electron chi connectivity index (χ2n) is 5.40. The molecule has 0 bridgehead atoms. The molecule has 2 unspecified atom stereocenters. The number of carbonyl (C=O) groups excluding carboxylic acids is 1. The third-order valence-corrected chi connectivity index (χ3v) is 3.89. The smallest absolute Gasteiger partial charge is 0.258 e. The van der Waals surface area contributed by atoms with Crippen molar-refractivity contribution in [1.29, 1.82) is 0 Å². The van der Waals surface area contributed by atoms with Gasteiger partial charge in [0.05, 0.1) is 7.11 Å². The molecule has 4 heteroatoms. The summed E-state index contributed by atoms with van der Waals surface area (Å²) in [6.45, 7) is 2.27. The van der Waals surface area contributed by atoms with Gasteiger partial charge in [-0.1, -0.05) is 19.8 Å². The van der Waals surface area contributed by atoms with Gasteiger partial charge in [-0.2, -0.15) is 0 Å². The summed E-state index contributed by atoms with van der Waals surface area (Å²) in [5.41, 5.74) is 0. The largest absolute Gasteiger partial charge is 0.497 e. The highest BCUT2D eigenvalue weighted by Crippen LogP contribution is 2.23. The van der Waals surface area contributed by atoms with Crippen molar-refractivity contribution in [2.24, 2.45) is 5.92 Å². The number of amides is 1. The maximum absolute atomic E-state index is 11.9. The molecular weight excluding hydrogens is 254 g/mol. The summed E-state index contributed by atoms with van der Waals surface area (Å²) in [5.74, 6) is 1.98. The molecule has 1 saturated carbocycles. The molecule has 0 aromatic heterocycles. The lowest BCUT2D eigenvalue weighted by Crippen LogP contribution is -2.43. The molecular formula is C16H23NO3. The van der Waals surface area contributed by atoms with E-state index < -0.39 is 0 Å². The quantitative estimate of drug-likeness (QED) is 0.900. The minimum Gasteiger partial charge on any atom is -0.497 e. The average molecular weight is 277 g/mol. The van der Waals surface area contributed by atoms with Gasteiger partial charge in [-0.15, -0.1) is 0 Å². The monoisotopic (exact) mass is 277 g/mol. The first kappa shape index (κ1) is 14.7. The third kappa shape index (κ3) is 4.15. The molecule has 1 aromatic rings. The van der Waals surface area contributed by atoms with Crippen LogP contribution in [-0.4, -0.2) is 25.7 Å². The van der Waals surface area contributed by atoms with Gasteiger partial charge in [0.15, 0.2) is 6.61 Å². The number of methoxy groups -OCH3 is 1. The van der Waals surface area contributed by atoms with Gasteiger partial charge < -0.3 is 14.8 Å². The normalized spacial score (nSPS) is 22.1. The Labute approximate surface area is 120 Å². The fourth-order valence-corrected chi connectivity index (χ4v) is 2.60. The van der Waals surface area contributed by atoms with Gasteiger partial charge in [-0.05, 0) is 43.0 Å². The Kier molecular flexibility index (Phi) is 5.27. The van der Waals surface area contributed by atoms with E-state index in [0.717, 1.165) is 12.2 Å². The number of nitrogens with one attached hydrogen (secondary N) is 1. The third-order valence-electron chi connectivity index (χ3n) is 3.89. The second kappa shape index (κ2) is 7.17. The van der Waals surface area contributed by atoms with Gasteiger partial charge in [0, 0.05) is 6.04 Å². The van der Waals surface area contributed by atoms with E-state index in [9.17, 15) is 4.79 Å². The van der Waals surface area contributed by atoms with Crippen molar-refractivity contribution in [2.75, 3.05) is 13.7 Å². The van der Waals surface area contributed by atoms with E-state index in [4.69, 9.17) is 9.47 Å². The Balaban J connectivity index is 1.76. The SMILES string of the molecule is COc1ccc(OCC(=O)NC2CCCCC2C)cc1. The maximum atomic E-state index is 11.9. The number of rotatable bonds is 5. The summed E-state index contributed by atoms with van der Waals surface area (Å²) < 4.78 is 10.5. The van der Waals surface area contributed by atoms with Crippen LogP contribution in [0.25, 0.3) is 0 Å². The van der Waals surface area contributed by atoms with E-state index in [1.165, 1.54) is 19.3 Å². The van der Waals surface area contributed by atoms with Crippen molar-refractivity contribution in [2.45, 2.75) is 38.6 Å². The summed E-state index contributed by atoms with van der Waals surface area (Å²) in [6.07, 6.45) is 4.75. The van der Waals surface area contributed by atoms with Gasteiger partial charge in [0.25, 0.3) is 5.91 Å². The Morgan fingerprint density at radius 2 is 1.85 bits per heavy atom. The fourth-order valence-electron chi connectivity index (χ4n) is 2.60. The van der Waals surface area contributed by atoms with Crippen molar-refractivity contribution < 1.29 is 14.3 Å². The van der Waals surface area contributed by atoms with Gasteiger partial charge in [-0.3, -0.25) is 4.79 Å². The summed E-state index contributed by atoms with van der Waals surface area (Å²) in [7, 11) is 1.62. The number of hydrogen-bond donors (Lipinski definition) is 1. The topological polar surface area (TPSA) is 47.6 Å². The lowest BCUT2D eigenvalue weighted by atomic mass is 9.86. The van der Waals surface area contributed by atoms with Gasteiger partial charge in [0.2, 0.25) is 0 Å². The van der Waals surface area contributed by atoms with E-state index in [1.807, 2.05) is 12.1 Å². The van der Waals surface area contributed by atoms with E-state index in [2.05, 4.69) is 12.2 Å². The molecule has 20 heavy (non-hydrogen) atoms. The van der Waals surface area contributed by atoms with Crippen LogP contribution in [0.5, 0.6) is 11.5 Å². The van der Waals surface area contributed by atoms with E-state index >= 15 is 0 Å². The van der Waals surface area contributed by atoms with Crippen molar-refractivity contribution in [3.05, 3.63) is 24.3 Å². The molecule has 0 aliphatic heterocycles. The molecule has 0 heterocycles. The van der Waals surface area contributed by atoms with E-state index in [1.54, 1.807) is 19.2 Å². The first-order chi connectivity index (χ1) is 9.69. The molecule has 2 atom stereocenters. The van der Waals surface area contributed by atoms with Gasteiger partial charge >= 0.3 is 0 Å². The van der Waals surface area contributed by atoms with Crippen molar-refractivity contribution in [3.63, 3.8) is 0 Å². The molecule has 1 aromatic carbocycles. The molecule has 0 spiro atoms. The van der Waals surface area contributed by atoms with Crippen LogP contribution in [0.4, 0.5) is 0 Å². The Bertz CT molecular complexity index is 430. The second-order valence-corrected chi connectivity index (χ2v) is 5.40. The highest BCUT2D eigenvalue weighted by atomic mass is 16.5. The first-order valence-corrected chi connectivity index (χ1v) is 7.25. The number of hydrogen-bond acceptors (Lipinski definition) is 3. The van der Waals surface area contributed by atoms with Crippen LogP contribution >= 0.6 is 0 Å². The van der Waals surface area contributed by atoms with E-state index in [0.29, 0.717) is 17.7 Å². The van der Waals surface area contributed by atoms with Crippen LogP contribution in [0, 0.1) is 5.92 Å². The van der Waals surface area contributed by atoms with Crippen LogP contribution in [-0.2, 0) is 4.79 Å². The van der Waals surface area contributed by atoms with Crippen LogP contribution in [0.15, 0.2) is 24.3 Å². The maximum Gasteiger partial charge on any atom is 0.258 e. The van der Waals surface area contributed by atoms with Crippen molar-refractivity contribution in [1.82, 2.24) is 5.32 Å². The molecule has 0 saturated heterocycles. The number of carbonyl (C=O) groups is 1. The molecule has 110 valence electrons. The van der Waals surface area contributed by atoms with Gasteiger partial charge in [0.1, 0.15) is 11.5 Å². The summed E-state index contributed by atoms with van der Waals surface area (Å²) in [5, 5.41) is 3.07. The Morgan fingerprint density at radius 3 is 2.50 bits per heavy atom. The summed E-state index contributed by atoms with van der Waals surface area (Å²) >= 11 is 0. The molecule has 1 aliphatic carbocycles. The molecule has 0 radical (unpaired) electrons. The molecule has 1 aliphatic rings. The zero-order chi connectivity index (χ0) is 14.4. The predicted molar refractivity (Wildman–Crippen MR) is 78.1 cm³/mol. The number of ether oxygens (including phenoxy) is 2. The fraction of sp³-hybridized carbons (Fsp3) is 0.562. The van der Waals surface area contributed by atoms with Crippen LogP contribution in [0.3, 0.4) is 0 Å². The summed E-state index contributed by atoms with van der Waals surface area (Å²) in [6, 6.07) is 7.54. The Morgan fingerprint density at radius 1 is 1.20 bits per heavy atom. The lowest BCUT2D eigenvalue weighted by molar-refractivity contribution is -0.124. The van der Waals surface area contributed by atoms with Crippen LogP contribution in [0.1, 0.15) is 32.6 Å². The van der Waals surface area contributed by atoms with Crippen molar-refractivity contribution >= 4 is 5.91 Å². The van der Waals surface area contributed by atoms with Crippen LogP contribution in [0.2, 0.25) is 0 Å². The predicted octanol–water partition coefficient (Wildman–Crippen LogP) is 2.77. The van der Waals surface area contributed by atoms with Gasteiger partial charge in [-0.25, -0.2) is 0 Å². The first-order valence-electron chi connectivity index (χ1n) is 7.25. The average Bonchev–Trinajstić information content (AvgIpc) is 2.48. The van der Waals surface area contributed by atoms with E-state index in [-0.39, 0.29) is 12.5 Å². The molecule has 2 rings (SSSR count). The minimum absolute atomic E-state index is 0.0421. The molecule has 4 nitrogen and oxygen atoms in total.